The maximum atomic E-state index is 12.3. The maximum Gasteiger partial charge on any atom is 0.283 e. The fourth-order valence-corrected chi connectivity index (χ4v) is 2.72. The average Bonchev–Trinajstić information content (AvgIpc) is 3.32. The van der Waals surface area contributed by atoms with E-state index in [9.17, 15) is 4.79 Å². The molecule has 1 amide bonds. The van der Waals surface area contributed by atoms with Crippen LogP contribution in [0.2, 0.25) is 0 Å². The van der Waals surface area contributed by atoms with Crippen molar-refractivity contribution in [1.29, 1.82) is 0 Å². The van der Waals surface area contributed by atoms with Gasteiger partial charge in [0, 0.05) is 6.54 Å². The standard InChI is InChI=1S/C19H22N4O3/c1-2-10-23(13-17(24)20-12-15-7-4-3-5-8-15)14-18-21-22-19(26-18)16-9-6-11-25-16/h3-9,11H,2,10,12-14H2,1H3,(H,20,24)/p+1. The molecule has 0 saturated heterocycles. The summed E-state index contributed by atoms with van der Waals surface area (Å²) >= 11 is 0. The number of amides is 1. The Bertz CT molecular complexity index is 799. The van der Waals surface area contributed by atoms with E-state index >= 15 is 0 Å². The van der Waals surface area contributed by atoms with Gasteiger partial charge in [0.1, 0.15) is 0 Å². The van der Waals surface area contributed by atoms with Crippen LogP contribution in [-0.4, -0.2) is 29.2 Å². The third-order valence-electron chi connectivity index (χ3n) is 3.95. The van der Waals surface area contributed by atoms with Gasteiger partial charge in [-0.1, -0.05) is 37.3 Å². The molecule has 0 aliphatic rings. The molecule has 7 heteroatoms. The first-order chi connectivity index (χ1) is 12.7. The number of hydrogen-bond donors (Lipinski definition) is 2. The molecule has 3 aromatic rings. The number of carbonyl (C=O) groups is 1. The zero-order chi connectivity index (χ0) is 18.2. The number of rotatable bonds is 9. The molecule has 2 aromatic heterocycles. The summed E-state index contributed by atoms with van der Waals surface area (Å²) in [7, 11) is 0. The first-order valence-electron chi connectivity index (χ1n) is 8.75. The number of carbonyl (C=O) groups excluding carboxylic acids is 1. The van der Waals surface area contributed by atoms with Crippen molar-refractivity contribution in [2.45, 2.75) is 26.4 Å². The van der Waals surface area contributed by atoms with Crippen LogP contribution in [0.4, 0.5) is 0 Å². The van der Waals surface area contributed by atoms with Gasteiger partial charge in [0.2, 0.25) is 0 Å². The molecule has 2 N–H and O–H groups in total. The Hall–Kier alpha value is -2.93. The normalized spacial score (nSPS) is 12.0. The first kappa shape index (κ1) is 17.9. The molecular weight excluding hydrogens is 332 g/mol. The van der Waals surface area contributed by atoms with Gasteiger partial charge in [0.15, 0.2) is 18.8 Å². The summed E-state index contributed by atoms with van der Waals surface area (Å²) in [6.45, 7) is 4.32. The molecule has 0 spiro atoms. The predicted octanol–water partition coefficient (Wildman–Crippen LogP) is 1.44. The van der Waals surface area contributed by atoms with Crippen molar-refractivity contribution in [2.75, 3.05) is 13.1 Å². The highest BCUT2D eigenvalue weighted by molar-refractivity contribution is 5.76. The van der Waals surface area contributed by atoms with Gasteiger partial charge in [-0.2, -0.15) is 0 Å². The highest BCUT2D eigenvalue weighted by Gasteiger charge is 2.19. The number of hydrogen-bond acceptors (Lipinski definition) is 5. The molecule has 26 heavy (non-hydrogen) atoms. The average molecular weight is 355 g/mol. The van der Waals surface area contributed by atoms with Crippen molar-refractivity contribution < 1.29 is 18.5 Å². The van der Waals surface area contributed by atoms with Gasteiger partial charge in [0.05, 0.1) is 12.8 Å². The van der Waals surface area contributed by atoms with E-state index in [1.165, 1.54) is 0 Å². The molecule has 1 unspecified atom stereocenters. The second-order valence-electron chi connectivity index (χ2n) is 6.09. The molecule has 2 heterocycles. The van der Waals surface area contributed by atoms with E-state index < -0.39 is 0 Å². The lowest BCUT2D eigenvalue weighted by Crippen LogP contribution is -3.12. The van der Waals surface area contributed by atoms with Crippen LogP contribution >= 0.6 is 0 Å². The van der Waals surface area contributed by atoms with Crippen molar-refractivity contribution in [3.05, 3.63) is 60.2 Å². The molecular formula is C19H23N4O3+. The zero-order valence-electron chi connectivity index (χ0n) is 14.8. The molecule has 3 rings (SSSR count). The monoisotopic (exact) mass is 355 g/mol. The van der Waals surface area contributed by atoms with Crippen molar-refractivity contribution >= 4 is 5.91 Å². The van der Waals surface area contributed by atoms with Crippen LogP contribution < -0.4 is 10.2 Å². The molecule has 0 radical (unpaired) electrons. The summed E-state index contributed by atoms with van der Waals surface area (Å²) in [5.41, 5.74) is 1.08. The van der Waals surface area contributed by atoms with Crippen molar-refractivity contribution in [3.8, 4) is 11.7 Å². The molecule has 0 saturated carbocycles. The van der Waals surface area contributed by atoms with E-state index in [4.69, 9.17) is 8.83 Å². The summed E-state index contributed by atoms with van der Waals surface area (Å²) in [5, 5.41) is 11.0. The largest absolute Gasteiger partial charge is 0.459 e. The molecule has 0 aliphatic carbocycles. The van der Waals surface area contributed by atoms with Crippen molar-refractivity contribution in [2.24, 2.45) is 0 Å². The number of nitrogens with one attached hydrogen (secondary N) is 2. The van der Waals surface area contributed by atoms with Crippen molar-refractivity contribution in [1.82, 2.24) is 15.5 Å². The van der Waals surface area contributed by atoms with E-state index in [0.29, 0.717) is 37.2 Å². The van der Waals surface area contributed by atoms with Crippen LogP contribution in [0.5, 0.6) is 0 Å². The lowest BCUT2D eigenvalue weighted by atomic mass is 10.2. The third-order valence-corrected chi connectivity index (χ3v) is 3.95. The molecule has 7 nitrogen and oxygen atoms in total. The Kier molecular flexibility index (Phi) is 6.16. The van der Waals surface area contributed by atoms with Crippen LogP contribution in [0.25, 0.3) is 11.7 Å². The minimum absolute atomic E-state index is 0.00285. The van der Waals surface area contributed by atoms with Gasteiger partial charge in [-0.25, -0.2) is 0 Å². The van der Waals surface area contributed by atoms with Gasteiger partial charge in [-0.15, -0.1) is 10.2 Å². The Balaban J connectivity index is 1.54. The van der Waals surface area contributed by atoms with Crippen LogP contribution in [-0.2, 0) is 17.9 Å². The summed E-state index contributed by atoms with van der Waals surface area (Å²) < 4.78 is 10.9. The Labute approximate surface area is 152 Å². The van der Waals surface area contributed by atoms with E-state index in [0.717, 1.165) is 23.4 Å². The quantitative estimate of drug-likeness (QED) is 0.607. The molecule has 0 bridgehead atoms. The van der Waals surface area contributed by atoms with Gasteiger partial charge in [0.25, 0.3) is 17.7 Å². The highest BCUT2D eigenvalue weighted by Crippen LogP contribution is 2.17. The smallest absolute Gasteiger partial charge is 0.283 e. The van der Waals surface area contributed by atoms with Crippen LogP contribution in [0.3, 0.4) is 0 Å². The van der Waals surface area contributed by atoms with E-state index in [1.807, 2.05) is 30.3 Å². The fourth-order valence-electron chi connectivity index (χ4n) is 2.72. The van der Waals surface area contributed by atoms with Crippen molar-refractivity contribution in [3.63, 3.8) is 0 Å². The second-order valence-corrected chi connectivity index (χ2v) is 6.09. The molecule has 0 aliphatic heterocycles. The van der Waals surface area contributed by atoms with Gasteiger partial charge < -0.3 is 19.1 Å². The second kappa shape index (κ2) is 8.96. The van der Waals surface area contributed by atoms with Crippen LogP contribution in [0.15, 0.2) is 57.6 Å². The predicted molar refractivity (Wildman–Crippen MR) is 95.0 cm³/mol. The number of quaternary nitrogens is 1. The van der Waals surface area contributed by atoms with E-state index in [-0.39, 0.29) is 5.91 Å². The molecule has 136 valence electrons. The molecule has 1 atom stereocenters. The minimum Gasteiger partial charge on any atom is -0.459 e. The number of benzene rings is 1. The number of furan rings is 1. The Morgan fingerprint density at radius 3 is 2.73 bits per heavy atom. The van der Waals surface area contributed by atoms with E-state index in [1.54, 1.807) is 18.4 Å². The summed E-state index contributed by atoms with van der Waals surface area (Å²) in [5.74, 6) is 1.40. The number of aromatic nitrogens is 2. The summed E-state index contributed by atoms with van der Waals surface area (Å²) in [6, 6.07) is 13.4. The molecule has 1 aromatic carbocycles. The lowest BCUT2D eigenvalue weighted by molar-refractivity contribution is -0.907. The topological polar surface area (TPSA) is 85.6 Å². The maximum absolute atomic E-state index is 12.3. The highest BCUT2D eigenvalue weighted by atomic mass is 16.4. The van der Waals surface area contributed by atoms with Gasteiger partial charge in [-0.05, 0) is 24.1 Å². The number of nitrogens with zero attached hydrogens (tertiary/aromatic N) is 2. The minimum atomic E-state index is 0.00285. The van der Waals surface area contributed by atoms with Crippen LogP contribution in [0.1, 0.15) is 24.8 Å². The summed E-state index contributed by atoms with van der Waals surface area (Å²) in [6.07, 6.45) is 2.52. The lowest BCUT2D eigenvalue weighted by Gasteiger charge is -2.16. The third kappa shape index (κ3) is 5.03. The van der Waals surface area contributed by atoms with E-state index in [2.05, 4.69) is 22.4 Å². The van der Waals surface area contributed by atoms with Crippen LogP contribution in [0, 0.1) is 0 Å². The summed E-state index contributed by atoms with van der Waals surface area (Å²) in [4.78, 5) is 13.3. The SMILES string of the molecule is CCC[NH+](CC(=O)NCc1ccccc1)Cc1nnc(-c2ccco2)o1. The molecule has 0 fully saturated rings. The first-order valence-corrected chi connectivity index (χ1v) is 8.75. The fraction of sp³-hybridized carbons (Fsp3) is 0.316. The Morgan fingerprint density at radius 2 is 2.00 bits per heavy atom. The van der Waals surface area contributed by atoms with Gasteiger partial charge in [-0.3, -0.25) is 4.79 Å². The Morgan fingerprint density at radius 1 is 1.15 bits per heavy atom. The zero-order valence-corrected chi connectivity index (χ0v) is 14.8. The van der Waals surface area contributed by atoms with Gasteiger partial charge >= 0.3 is 0 Å².